The van der Waals surface area contributed by atoms with Gasteiger partial charge in [-0.2, -0.15) is 0 Å². The SMILES string of the molecule is CCNC(=O)C(CC)N(Cc1c(Cl)cccc1Cl)C(=O)CN(c1ccc(C)cc1)S(=O)(=O)c1ccc(OC)cc1. The monoisotopic (exact) mass is 605 g/mol. The van der Waals surface area contributed by atoms with Crippen molar-refractivity contribution in [1.29, 1.82) is 0 Å². The predicted molar refractivity (Wildman–Crippen MR) is 158 cm³/mol. The Labute approximate surface area is 245 Å². The maximum absolute atomic E-state index is 14.0. The Hall–Kier alpha value is -3.27. The molecule has 0 fully saturated rings. The topological polar surface area (TPSA) is 96.0 Å². The smallest absolute Gasteiger partial charge is 0.264 e. The molecular weight excluding hydrogens is 573 g/mol. The van der Waals surface area contributed by atoms with E-state index in [1.807, 2.05) is 6.92 Å². The second-order valence-corrected chi connectivity index (χ2v) is 11.7. The van der Waals surface area contributed by atoms with Crippen molar-refractivity contribution in [3.8, 4) is 5.75 Å². The van der Waals surface area contributed by atoms with Crippen molar-refractivity contribution >= 4 is 50.7 Å². The van der Waals surface area contributed by atoms with E-state index in [0.717, 1.165) is 9.87 Å². The van der Waals surface area contributed by atoms with Crippen LogP contribution in [0.25, 0.3) is 0 Å². The number of hydrogen-bond acceptors (Lipinski definition) is 5. The first kappa shape index (κ1) is 31.3. The summed E-state index contributed by atoms with van der Waals surface area (Å²) in [6, 6.07) is 16.8. The fraction of sp³-hybridized carbons (Fsp3) is 0.310. The van der Waals surface area contributed by atoms with Crippen molar-refractivity contribution in [2.75, 3.05) is 24.5 Å². The van der Waals surface area contributed by atoms with Crippen molar-refractivity contribution in [1.82, 2.24) is 10.2 Å². The highest BCUT2D eigenvalue weighted by atomic mass is 35.5. The minimum absolute atomic E-state index is 0.0156. The third-order valence-electron chi connectivity index (χ3n) is 6.38. The molecule has 0 aliphatic rings. The summed E-state index contributed by atoms with van der Waals surface area (Å²) in [6.07, 6.45) is 0.287. The molecule has 0 aliphatic carbocycles. The lowest BCUT2D eigenvalue weighted by Gasteiger charge is -2.33. The van der Waals surface area contributed by atoms with E-state index >= 15 is 0 Å². The van der Waals surface area contributed by atoms with Crippen molar-refractivity contribution in [2.24, 2.45) is 0 Å². The number of nitrogens with one attached hydrogen (secondary N) is 1. The Morgan fingerprint density at radius 2 is 1.55 bits per heavy atom. The van der Waals surface area contributed by atoms with Crippen molar-refractivity contribution in [3.05, 3.63) is 87.9 Å². The Morgan fingerprint density at radius 1 is 0.950 bits per heavy atom. The Kier molecular flexibility index (Phi) is 10.8. The summed E-state index contributed by atoms with van der Waals surface area (Å²) in [4.78, 5) is 28.4. The molecule has 11 heteroatoms. The van der Waals surface area contributed by atoms with Crippen LogP contribution in [0.4, 0.5) is 5.69 Å². The molecule has 40 heavy (non-hydrogen) atoms. The summed E-state index contributed by atoms with van der Waals surface area (Å²) in [6.45, 7) is 5.16. The molecular formula is C29H33Cl2N3O5S. The first-order valence-electron chi connectivity index (χ1n) is 12.8. The van der Waals surface area contributed by atoms with Gasteiger partial charge in [-0.25, -0.2) is 8.42 Å². The molecule has 8 nitrogen and oxygen atoms in total. The molecule has 3 aromatic carbocycles. The molecule has 3 aromatic rings. The summed E-state index contributed by atoms with van der Waals surface area (Å²) in [5, 5.41) is 3.42. The number of sulfonamides is 1. The van der Waals surface area contributed by atoms with E-state index in [-0.39, 0.29) is 23.8 Å². The van der Waals surface area contributed by atoms with Crippen LogP contribution in [0.3, 0.4) is 0 Å². The number of aryl methyl sites for hydroxylation is 1. The average Bonchev–Trinajstić information content (AvgIpc) is 2.93. The second kappa shape index (κ2) is 13.9. The maximum Gasteiger partial charge on any atom is 0.264 e. The number of likely N-dealkylation sites (N-methyl/N-ethyl adjacent to an activating group) is 1. The number of anilines is 1. The molecule has 0 bridgehead atoms. The van der Waals surface area contributed by atoms with Crippen LogP contribution in [0.1, 0.15) is 31.4 Å². The van der Waals surface area contributed by atoms with Gasteiger partial charge in [0, 0.05) is 28.7 Å². The number of halogens is 2. The van der Waals surface area contributed by atoms with E-state index in [2.05, 4.69) is 5.32 Å². The number of amides is 2. The lowest BCUT2D eigenvalue weighted by molar-refractivity contribution is -0.140. The molecule has 0 spiro atoms. The highest BCUT2D eigenvalue weighted by Gasteiger charge is 2.34. The summed E-state index contributed by atoms with van der Waals surface area (Å²) >= 11 is 12.8. The maximum atomic E-state index is 14.0. The third-order valence-corrected chi connectivity index (χ3v) is 8.87. The van der Waals surface area contributed by atoms with Crippen molar-refractivity contribution in [3.63, 3.8) is 0 Å². The molecule has 214 valence electrons. The first-order chi connectivity index (χ1) is 19.0. The van der Waals surface area contributed by atoms with Gasteiger partial charge in [-0.1, -0.05) is 53.9 Å². The van der Waals surface area contributed by atoms with Crippen LogP contribution < -0.4 is 14.4 Å². The van der Waals surface area contributed by atoms with Gasteiger partial charge in [-0.05, 0) is 68.8 Å². The van der Waals surface area contributed by atoms with E-state index in [1.54, 1.807) is 56.3 Å². The summed E-state index contributed by atoms with van der Waals surface area (Å²) in [5.74, 6) is -0.458. The van der Waals surface area contributed by atoms with Gasteiger partial charge in [0.05, 0.1) is 17.7 Å². The quantitative estimate of drug-likeness (QED) is 0.296. The lowest BCUT2D eigenvalue weighted by Crippen LogP contribution is -2.52. The number of nitrogens with zero attached hydrogens (tertiary/aromatic N) is 2. The van der Waals surface area contributed by atoms with Gasteiger partial charge in [0.15, 0.2) is 0 Å². The average molecular weight is 607 g/mol. The van der Waals surface area contributed by atoms with Gasteiger partial charge >= 0.3 is 0 Å². The van der Waals surface area contributed by atoms with Crippen LogP contribution in [-0.4, -0.2) is 51.4 Å². The van der Waals surface area contributed by atoms with Crippen molar-refractivity contribution < 1.29 is 22.7 Å². The van der Waals surface area contributed by atoms with Gasteiger partial charge < -0.3 is 15.0 Å². The molecule has 0 radical (unpaired) electrons. The molecule has 0 saturated heterocycles. The number of hydrogen-bond donors (Lipinski definition) is 1. The van der Waals surface area contributed by atoms with Gasteiger partial charge in [0.1, 0.15) is 18.3 Å². The Morgan fingerprint density at radius 3 is 2.08 bits per heavy atom. The molecule has 0 heterocycles. The van der Waals surface area contributed by atoms with E-state index < -0.39 is 28.5 Å². The van der Waals surface area contributed by atoms with Gasteiger partial charge in [0.2, 0.25) is 11.8 Å². The number of ether oxygens (including phenoxy) is 1. The van der Waals surface area contributed by atoms with Crippen LogP contribution in [0.2, 0.25) is 10.0 Å². The first-order valence-corrected chi connectivity index (χ1v) is 15.0. The predicted octanol–water partition coefficient (Wildman–Crippen LogP) is 5.45. The van der Waals surface area contributed by atoms with Crippen LogP contribution in [0, 0.1) is 6.92 Å². The molecule has 1 N–H and O–H groups in total. The van der Waals surface area contributed by atoms with Gasteiger partial charge in [-0.15, -0.1) is 0 Å². The zero-order valence-corrected chi connectivity index (χ0v) is 25.2. The number of benzene rings is 3. The van der Waals surface area contributed by atoms with E-state index in [0.29, 0.717) is 33.6 Å². The molecule has 1 atom stereocenters. The van der Waals surface area contributed by atoms with Gasteiger partial charge in [0.25, 0.3) is 10.0 Å². The molecule has 2 amide bonds. The summed E-state index contributed by atoms with van der Waals surface area (Å²) < 4.78 is 34.0. The van der Waals surface area contributed by atoms with Crippen LogP contribution in [-0.2, 0) is 26.2 Å². The highest BCUT2D eigenvalue weighted by molar-refractivity contribution is 7.92. The minimum atomic E-state index is -4.20. The van der Waals surface area contributed by atoms with E-state index in [4.69, 9.17) is 27.9 Å². The van der Waals surface area contributed by atoms with Crippen LogP contribution in [0.15, 0.2) is 71.6 Å². The fourth-order valence-corrected chi connectivity index (χ4v) is 6.11. The normalized spacial score (nSPS) is 11.9. The summed E-state index contributed by atoms with van der Waals surface area (Å²) in [5.41, 5.74) is 1.69. The van der Waals surface area contributed by atoms with Crippen molar-refractivity contribution in [2.45, 2.75) is 44.7 Å². The molecule has 1 unspecified atom stereocenters. The molecule has 0 aliphatic heterocycles. The van der Waals surface area contributed by atoms with E-state index in [9.17, 15) is 18.0 Å². The summed E-state index contributed by atoms with van der Waals surface area (Å²) in [7, 11) is -2.71. The molecule has 3 rings (SSSR count). The number of carbonyl (C=O) groups is 2. The van der Waals surface area contributed by atoms with Gasteiger partial charge in [-0.3, -0.25) is 13.9 Å². The minimum Gasteiger partial charge on any atom is -0.497 e. The zero-order valence-electron chi connectivity index (χ0n) is 22.9. The number of carbonyl (C=O) groups excluding carboxylic acids is 2. The van der Waals surface area contributed by atoms with Crippen LogP contribution in [0.5, 0.6) is 5.75 Å². The highest BCUT2D eigenvalue weighted by Crippen LogP contribution is 2.29. The molecule has 0 aromatic heterocycles. The van der Waals surface area contributed by atoms with E-state index in [1.165, 1.54) is 36.3 Å². The fourth-order valence-electron chi connectivity index (χ4n) is 4.18. The zero-order chi connectivity index (χ0) is 29.4. The number of methoxy groups -OCH3 is 1. The third kappa shape index (κ3) is 7.27. The second-order valence-electron chi connectivity index (χ2n) is 9.06. The Balaban J connectivity index is 2.09. The Bertz CT molecular complexity index is 1410. The number of rotatable bonds is 12. The lowest BCUT2D eigenvalue weighted by atomic mass is 10.1. The largest absolute Gasteiger partial charge is 0.497 e. The molecule has 0 saturated carbocycles. The standard InChI is InChI=1S/C29H33Cl2N3O5S/c1-5-27(29(36)32-6-2)33(18-24-25(30)8-7-9-26(24)31)28(35)19-34(21-12-10-20(3)11-13-21)40(37,38)23-16-14-22(39-4)15-17-23/h7-17,27H,5-6,18-19H2,1-4H3,(H,32,36). The van der Waals surface area contributed by atoms with Crippen LogP contribution >= 0.6 is 23.2 Å².